The maximum absolute atomic E-state index is 13.5. The number of tetrazole rings is 1. The minimum absolute atomic E-state index is 0.161. The van der Waals surface area contributed by atoms with E-state index < -0.39 is 18.4 Å². The molecule has 12 nitrogen and oxygen atoms in total. The fourth-order valence-electron chi connectivity index (χ4n) is 5.88. The molecule has 45 heavy (non-hydrogen) atoms. The third-order valence-electron chi connectivity index (χ3n) is 7.85. The molecule has 1 saturated carbocycles. The summed E-state index contributed by atoms with van der Waals surface area (Å²) in [5.74, 6) is 0.544. The number of aromatic nitrogens is 6. The Morgan fingerprint density at radius 1 is 1.00 bits per heavy atom. The number of aryl methyl sites for hydroxylation is 1. The molecule has 0 saturated heterocycles. The first-order chi connectivity index (χ1) is 21.9. The van der Waals surface area contributed by atoms with Crippen molar-refractivity contribution in [2.75, 3.05) is 11.9 Å². The van der Waals surface area contributed by atoms with Gasteiger partial charge in [0.1, 0.15) is 11.9 Å². The van der Waals surface area contributed by atoms with Gasteiger partial charge >= 0.3 is 12.1 Å². The Bertz CT molecular complexity index is 1810. The number of carbonyl (C=O) groups excluding carboxylic acids is 2. The van der Waals surface area contributed by atoms with Crippen molar-refractivity contribution in [1.82, 2.24) is 30.2 Å². The van der Waals surface area contributed by atoms with Gasteiger partial charge in [0, 0.05) is 36.0 Å². The average molecular weight is 610 g/mol. The molecule has 5 aromatic rings. The topological polar surface area (TPSA) is 146 Å². The van der Waals surface area contributed by atoms with Crippen LogP contribution in [0.1, 0.15) is 62.1 Å². The van der Waals surface area contributed by atoms with Crippen LogP contribution >= 0.6 is 0 Å². The summed E-state index contributed by atoms with van der Waals surface area (Å²) in [4.78, 5) is 30.5. The maximum Gasteiger partial charge on any atom is 0.511 e. The normalized spacial score (nSPS) is 14.2. The Morgan fingerprint density at radius 2 is 1.80 bits per heavy atom. The summed E-state index contributed by atoms with van der Waals surface area (Å²) in [6, 6.07) is 19.2. The summed E-state index contributed by atoms with van der Waals surface area (Å²) in [5, 5.41) is 18.1. The van der Waals surface area contributed by atoms with Gasteiger partial charge in [0.2, 0.25) is 12.1 Å². The summed E-state index contributed by atoms with van der Waals surface area (Å²) >= 11 is 0. The van der Waals surface area contributed by atoms with Crippen molar-refractivity contribution in [1.29, 1.82) is 0 Å². The van der Waals surface area contributed by atoms with E-state index in [1.807, 2.05) is 66.9 Å². The summed E-state index contributed by atoms with van der Waals surface area (Å²) in [6.07, 6.45) is 2.68. The smallest absolute Gasteiger partial charge is 0.431 e. The number of rotatable bonds is 9. The lowest BCUT2D eigenvalue weighted by Gasteiger charge is -2.22. The number of carbonyl (C=O) groups is 2. The van der Waals surface area contributed by atoms with Crippen molar-refractivity contribution < 1.29 is 23.8 Å². The predicted octanol–water partition coefficient (Wildman–Crippen LogP) is 6.60. The van der Waals surface area contributed by atoms with Gasteiger partial charge in [-0.05, 0) is 74.6 Å². The van der Waals surface area contributed by atoms with E-state index in [1.165, 1.54) is 6.92 Å². The summed E-state index contributed by atoms with van der Waals surface area (Å²) in [5.41, 5.74) is 5.91. The molecule has 1 aliphatic rings. The molecular weight excluding hydrogens is 574 g/mol. The molecule has 0 spiro atoms. The van der Waals surface area contributed by atoms with E-state index in [-0.39, 0.29) is 6.10 Å². The fraction of sp³-hybridized carbons (Fsp3) is 0.333. The molecule has 1 unspecified atom stereocenters. The second-order valence-corrected chi connectivity index (χ2v) is 10.9. The molecule has 2 N–H and O–H groups in total. The minimum Gasteiger partial charge on any atom is -0.431 e. The van der Waals surface area contributed by atoms with Gasteiger partial charge in [-0.15, -0.1) is 10.2 Å². The van der Waals surface area contributed by atoms with E-state index in [2.05, 4.69) is 25.9 Å². The number of H-pyrrole nitrogens is 1. The number of aromatic amines is 1. The highest BCUT2D eigenvalue weighted by Gasteiger charge is 2.25. The van der Waals surface area contributed by atoms with E-state index >= 15 is 0 Å². The largest absolute Gasteiger partial charge is 0.511 e. The van der Waals surface area contributed by atoms with Crippen LogP contribution in [0.5, 0.6) is 0 Å². The van der Waals surface area contributed by atoms with Crippen LogP contribution in [0, 0.1) is 6.92 Å². The summed E-state index contributed by atoms with van der Waals surface area (Å²) in [6.45, 7) is 6.09. The van der Waals surface area contributed by atoms with E-state index in [4.69, 9.17) is 19.2 Å². The molecule has 1 fully saturated rings. The van der Waals surface area contributed by atoms with Crippen molar-refractivity contribution in [3.63, 3.8) is 0 Å². The number of benzene rings is 3. The highest BCUT2D eigenvalue weighted by Crippen LogP contribution is 2.37. The van der Waals surface area contributed by atoms with Crippen molar-refractivity contribution in [2.24, 2.45) is 0 Å². The number of esters is 1. The third-order valence-corrected chi connectivity index (χ3v) is 7.85. The maximum atomic E-state index is 13.5. The first-order valence-electron chi connectivity index (χ1n) is 15.2. The van der Waals surface area contributed by atoms with Crippen LogP contribution in [0.25, 0.3) is 39.2 Å². The Morgan fingerprint density at radius 3 is 2.56 bits per heavy atom. The second kappa shape index (κ2) is 13.2. The lowest BCUT2D eigenvalue weighted by molar-refractivity contribution is -0.0914. The van der Waals surface area contributed by atoms with Crippen LogP contribution in [-0.2, 0) is 14.2 Å². The monoisotopic (exact) mass is 609 g/mol. The van der Waals surface area contributed by atoms with Gasteiger partial charge < -0.3 is 19.5 Å². The van der Waals surface area contributed by atoms with Crippen molar-refractivity contribution >= 4 is 28.8 Å². The van der Waals surface area contributed by atoms with Gasteiger partial charge in [-0.3, -0.25) is 4.57 Å². The molecule has 0 amide bonds. The van der Waals surface area contributed by atoms with Crippen LogP contribution in [0.15, 0.2) is 60.7 Å². The zero-order valence-electron chi connectivity index (χ0n) is 25.4. The quantitative estimate of drug-likeness (QED) is 0.138. The molecule has 3 aromatic carbocycles. The molecule has 0 bridgehead atoms. The first-order valence-corrected chi connectivity index (χ1v) is 15.2. The third kappa shape index (κ3) is 6.35. The molecule has 6 rings (SSSR count). The average Bonchev–Trinajstić information content (AvgIpc) is 3.69. The SMILES string of the molecule is CCNc1cc(-n2c(C)nc3cccc(C(=O)OC(C)OC(=O)OC4CCCCC4)c32)ccc1-c1ccccc1-c1nn[nH]n1. The van der Waals surface area contributed by atoms with Crippen molar-refractivity contribution in [3.8, 4) is 28.2 Å². The molecule has 0 radical (unpaired) electrons. The molecule has 232 valence electrons. The van der Waals surface area contributed by atoms with E-state index in [9.17, 15) is 9.59 Å². The van der Waals surface area contributed by atoms with E-state index in [0.29, 0.717) is 34.8 Å². The predicted molar refractivity (Wildman–Crippen MR) is 168 cm³/mol. The Hall–Kier alpha value is -5.26. The molecule has 12 heteroatoms. The van der Waals surface area contributed by atoms with Crippen molar-refractivity contribution in [2.45, 2.75) is 65.3 Å². The van der Waals surface area contributed by atoms with Gasteiger partial charge in [-0.2, -0.15) is 5.21 Å². The second-order valence-electron chi connectivity index (χ2n) is 10.9. The van der Waals surface area contributed by atoms with Crippen LogP contribution < -0.4 is 5.32 Å². The Kier molecular flexibility index (Phi) is 8.72. The number of ether oxygens (including phenoxy) is 3. The number of nitrogens with one attached hydrogen (secondary N) is 2. The Balaban J connectivity index is 1.31. The lowest BCUT2D eigenvalue weighted by Crippen LogP contribution is -2.26. The number of imidazole rings is 1. The lowest BCUT2D eigenvalue weighted by atomic mass is 9.97. The van der Waals surface area contributed by atoms with Crippen molar-refractivity contribution in [3.05, 3.63) is 72.1 Å². The summed E-state index contributed by atoms with van der Waals surface area (Å²) in [7, 11) is 0. The molecule has 0 aliphatic heterocycles. The zero-order valence-corrected chi connectivity index (χ0v) is 25.4. The number of hydrogen-bond acceptors (Lipinski definition) is 10. The number of fused-ring (bicyclic) bond motifs is 1. The zero-order chi connectivity index (χ0) is 31.3. The highest BCUT2D eigenvalue weighted by atomic mass is 16.8. The summed E-state index contributed by atoms with van der Waals surface area (Å²) < 4.78 is 18.2. The minimum atomic E-state index is -1.14. The van der Waals surface area contributed by atoms with E-state index in [0.717, 1.165) is 60.2 Å². The highest BCUT2D eigenvalue weighted by molar-refractivity contribution is 6.03. The fourth-order valence-corrected chi connectivity index (χ4v) is 5.88. The standard InChI is InChI=1S/C33H35N7O5/c1-4-34-29-19-22(17-18-25(29)24-13-8-9-14-26(24)31-36-38-39-37-31)40-20(2)35-28-16-10-15-27(30(28)40)32(41)43-21(3)44-33(42)45-23-11-6-5-7-12-23/h8-10,13-19,21,23,34H,4-7,11-12H2,1-3H3,(H,36,37,38,39). The van der Waals surface area contributed by atoms with Gasteiger partial charge in [-0.25, -0.2) is 14.6 Å². The number of para-hydroxylation sites is 1. The van der Waals surface area contributed by atoms with E-state index in [1.54, 1.807) is 12.1 Å². The molecule has 1 aliphatic carbocycles. The number of anilines is 1. The van der Waals surface area contributed by atoms with Gasteiger partial charge in [0.05, 0.1) is 16.6 Å². The van der Waals surface area contributed by atoms with Crippen LogP contribution in [0.4, 0.5) is 10.5 Å². The van der Waals surface area contributed by atoms with Gasteiger partial charge in [-0.1, -0.05) is 42.8 Å². The van der Waals surface area contributed by atoms with Crippen LogP contribution in [0.2, 0.25) is 0 Å². The van der Waals surface area contributed by atoms with Crippen LogP contribution in [0.3, 0.4) is 0 Å². The molecule has 2 aromatic heterocycles. The molecular formula is C33H35N7O5. The molecule has 1 atom stereocenters. The Labute approximate surface area is 260 Å². The van der Waals surface area contributed by atoms with Gasteiger partial charge in [0.25, 0.3) is 0 Å². The number of nitrogens with zero attached hydrogens (tertiary/aromatic N) is 5. The molecule has 2 heterocycles. The number of hydrogen-bond donors (Lipinski definition) is 2. The van der Waals surface area contributed by atoms with Gasteiger partial charge in [0.15, 0.2) is 0 Å². The van der Waals surface area contributed by atoms with Crippen LogP contribution in [-0.4, -0.2) is 61.2 Å². The first kappa shape index (κ1) is 29.8.